The largest absolute Gasteiger partial charge is 0.387 e. The third kappa shape index (κ3) is 6.20. The summed E-state index contributed by atoms with van der Waals surface area (Å²) in [4.78, 5) is 19.7. The van der Waals surface area contributed by atoms with E-state index in [-0.39, 0.29) is 29.8 Å². The van der Waals surface area contributed by atoms with Crippen molar-refractivity contribution in [1.82, 2.24) is 10.4 Å². The average molecular weight is 436 g/mol. The zero-order valence-electron chi connectivity index (χ0n) is 19.7. The minimum absolute atomic E-state index is 0.0707. The van der Waals surface area contributed by atoms with Crippen molar-refractivity contribution in [2.75, 3.05) is 19.6 Å². The van der Waals surface area contributed by atoms with Crippen molar-refractivity contribution in [3.8, 4) is 0 Å². The Hall–Kier alpha value is -1.18. The number of nitrogens with zero attached hydrogens (tertiary/aromatic N) is 1. The van der Waals surface area contributed by atoms with Crippen LogP contribution in [0.25, 0.3) is 0 Å². The van der Waals surface area contributed by atoms with Gasteiger partial charge in [-0.2, -0.15) is 5.06 Å². The van der Waals surface area contributed by atoms with Gasteiger partial charge in [-0.15, -0.1) is 0 Å². The Balaban J connectivity index is 1.73. The molecular formula is C24H45N5O2. The first-order valence-corrected chi connectivity index (χ1v) is 12.7. The van der Waals surface area contributed by atoms with Crippen molar-refractivity contribution >= 4 is 11.7 Å². The number of hydroxylamine groups is 2. The smallest absolute Gasteiger partial charge is 0.239 e. The lowest BCUT2D eigenvalue weighted by molar-refractivity contribution is -0.277. The van der Waals surface area contributed by atoms with E-state index in [0.29, 0.717) is 30.8 Å². The molecule has 3 rings (SSSR count). The van der Waals surface area contributed by atoms with Crippen LogP contribution in [0.3, 0.4) is 0 Å². The van der Waals surface area contributed by atoms with Gasteiger partial charge in [0.25, 0.3) is 0 Å². The van der Waals surface area contributed by atoms with Gasteiger partial charge in [0.2, 0.25) is 5.91 Å². The highest BCUT2D eigenvalue weighted by atomic mass is 16.7. The number of carbonyl (C=O) groups is 1. The number of amidine groups is 1. The Morgan fingerprint density at radius 3 is 2.74 bits per heavy atom. The van der Waals surface area contributed by atoms with Gasteiger partial charge >= 0.3 is 0 Å². The topological polar surface area (TPSA) is 117 Å². The number of carbonyl (C=O) groups excluding carboxylic acids is 1. The summed E-state index contributed by atoms with van der Waals surface area (Å²) in [6, 6.07) is -0.229. The van der Waals surface area contributed by atoms with Crippen molar-refractivity contribution in [3.63, 3.8) is 0 Å². The van der Waals surface area contributed by atoms with E-state index in [1.807, 2.05) is 5.06 Å². The molecule has 6 N–H and O–H groups in total. The van der Waals surface area contributed by atoms with Crippen LogP contribution in [0.15, 0.2) is 0 Å². The third-order valence-electron chi connectivity index (χ3n) is 8.10. The van der Waals surface area contributed by atoms with Crippen molar-refractivity contribution in [2.45, 2.75) is 90.2 Å². The second kappa shape index (κ2) is 11.6. The fraction of sp³-hybridized carbons (Fsp3) is 0.917. The molecule has 1 heterocycles. The van der Waals surface area contributed by atoms with E-state index < -0.39 is 0 Å². The van der Waals surface area contributed by atoms with E-state index in [1.54, 1.807) is 0 Å². The second-order valence-electron chi connectivity index (χ2n) is 10.3. The summed E-state index contributed by atoms with van der Waals surface area (Å²) in [6.07, 6.45) is 10.7. The predicted octanol–water partition coefficient (Wildman–Crippen LogP) is 3.03. The van der Waals surface area contributed by atoms with E-state index in [1.165, 1.54) is 32.1 Å². The fourth-order valence-electron chi connectivity index (χ4n) is 6.27. The number of hydrogen-bond donors (Lipinski definition) is 4. The molecule has 2 aliphatic carbocycles. The highest BCUT2D eigenvalue weighted by molar-refractivity contribution is 5.82. The van der Waals surface area contributed by atoms with Gasteiger partial charge in [0.15, 0.2) is 0 Å². The first-order chi connectivity index (χ1) is 14.9. The summed E-state index contributed by atoms with van der Waals surface area (Å²) in [7, 11) is 0. The number of rotatable bonds is 9. The SMILES string of the molecule is CCCC1C(C)CCCC1CN1OC2CC(C(=N)N)CCC2CC1C(=O)NCCCN. The van der Waals surface area contributed by atoms with Crippen molar-refractivity contribution < 1.29 is 9.63 Å². The molecule has 0 spiro atoms. The Morgan fingerprint density at radius 2 is 2.03 bits per heavy atom. The van der Waals surface area contributed by atoms with Crippen molar-refractivity contribution in [1.29, 1.82) is 5.41 Å². The number of hydrogen-bond acceptors (Lipinski definition) is 5. The molecule has 0 aromatic heterocycles. The molecule has 0 aromatic rings. The van der Waals surface area contributed by atoms with Gasteiger partial charge in [0.05, 0.1) is 11.9 Å². The van der Waals surface area contributed by atoms with Gasteiger partial charge in [-0.1, -0.05) is 39.5 Å². The van der Waals surface area contributed by atoms with Crippen LogP contribution in [-0.4, -0.2) is 48.6 Å². The summed E-state index contributed by atoms with van der Waals surface area (Å²) in [5.41, 5.74) is 11.4. The minimum atomic E-state index is -0.229. The van der Waals surface area contributed by atoms with E-state index in [2.05, 4.69) is 19.2 Å². The van der Waals surface area contributed by atoms with Crippen LogP contribution in [0.2, 0.25) is 0 Å². The normalized spacial score (nSPS) is 36.5. The molecule has 7 atom stereocenters. The first-order valence-electron chi connectivity index (χ1n) is 12.7. The van der Waals surface area contributed by atoms with Crippen LogP contribution in [0.1, 0.15) is 78.1 Å². The van der Waals surface area contributed by atoms with E-state index >= 15 is 0 Å². The summed E-state index contributed by atoms with van der Waals surface area (Å²) in [6.45, 7) is 6.71. The molecule has 3 fully saturated rings. The van der Waals surface area contributed by atoms with Crippen LogP contribution in [0.4, 0.5) is 0 Å². The van der Waals surface area contributed by atoms with Crippen LogP contribution < -0.4 is 16.8 Å². The molecule has 7 unspecified atom stereocenters. The lowest BCUT2D eigenvalue weighted by Crippen LogP contribution is -2.57. The lowest BCUT2D eigenvalue weighted by Gasteiger charge is -2.48. The fourth-order valence-corrected chi connectivity index (χ4v) is 6.27. The van der Waals surface area contributed by atoms with E-state index in [9.17, 15) is 4.79 Å². The molecule has 1 amide bonds. The molecule has 7 heteroatoms. The summed E-state index contributed by atoms with van der Waals surface area (Å²) < 4.78 is 0. The highest BCUT2D eigenvalue weighted by Gasteiger charge is 2.45. The number of fused-ring (bicyclic) bond motifs is 1. The Bertz CT molecular complexity index is 601. The zero-order chi connectivity index (χ0) is 22.4. The van der Waals surface area contributed by atoms with Gasteiger partial charge in [-0.3, -0.25) is 15.0 Å². The van der Waals surface area contributed by atoms with Crippen LogP contribution in [-0.2, 0) is 9.63 Å². The van der Waals surface area contributed by atoms with E-state index in [4.69, 9.17) is 21.7 Å². The van der Waals surface area contributed by atoms with Crippen LogP contribution in [0.5, 0.6) is 0 Å². The summed E-state index contributed by atoms with van der Waals surface area (Å²) in [5, 5.41) is 13.0. The monoisotopic (exact) mass is 435 g/mol. The number of nitrogens with two attached hydrogens (primary N) is 2. The maximum Gasteiger partial charge on any atom is 0.239 e. The zero-order valence-corrected chi connectivity index (χ0v) is 19.7. The molecular weight excluding hydrogens is 390 g/mol. The van der Waals surface area contributed by atoms with E-state index in [0.717, 1.165) is 44.6 Å². The Labute approximate surface area is 188 Å². The molecule has 0 radical (unpaired) electrons. The maximum absolute atomic E-state index is 13.1. The Morgan fingerprint density at radius 1 is 1.23 bits per heavy atom. The second-order valence-corrected chi connectivity index (χ2v) is 10.3. The molecule has 1 saturated heterocycles. The van der Waals surface area contributed by atoms with Gasteiger partial charge in [0, 0.05) is 19.0 Å². The van der Waals surface area contributed by atoms with Crippen LogP contribution >= 0.6 is 0 Å². The standard InChI is InChI=1S/C24H45N5O2/c1-3-6-20-16(2)7-4-8-19(20)15-29-21(24(30)28-12-5-11-25)13-17-9-10-18(23(26)27)14-22(17)31-29/h16-22H,3-15,25H2,1-2H3,(H3,26,27)(H,28,30). The molecule has 178 valence electrons. The maximum atomic E-state index is 13.1. The van der Waals surface area contributed by atoms with Crippen molar-refractivity contribution in [3.05, 3.63) is 0 Å². The number of nitrogens with one attached hydrogen (secondary N) is 2. The van der Waals surface area contributed by atoms with Gasteiger partial charge in [-0.05, 0) is 68.7 Å². The first kappa shape index (κ1) is 24.5. The molecule has 0 aromatic carbocycles. The molecule has 2 saturated carbocycles. The number of amides is 1. The molecule has 31 heavy (non-hydrogen) atoms. The predicted molar refractivity (Wildman–Crippen MR) is 124 cm³/mol. The average Bonchev–Trinajstić information content (AvgIpc) is 2.75. The summed E-state index contributed by atoms with van der Waals surface area (Å²) in [5.74, 6) is 2.86. The third-order valence-corrected chi connectivity index (χ3v) is 8.10. The van der Waals surface area contributed by atoms with Crippen molar-refractivity contribution in [2.24, 2.45) is 41.1 Å². The summed E-state index contributed by atoms with van der Waals surface area (Å²) >= 11 is 0. The lowest BCUT2D eigenvalue weighted by atomic mass is 9.70. The van der Waals surface area contributed by atoms with Crippen LogP contribution in [0, 0.1) is 35.0 Å². The molecule has 1 aliphatic heterocycles. The molecule has 0 bridgehead atoms. The quantitative estimate of drug-likeness (QED) is 0.252. The minimum Gasteiger partial charge on any atom is -0.387 e. The molecule has 3 aliphatic rings. The van der Waals surface area contributed by atoms with Gasteiger partial charge < -0.3 is 16.8 Å². The molecule has 7 nitrogen and oxygen atoms in total. The Kier molecular flexibility index (Phi) is 9.17. The van der Waals surface area contributed by atoms with Gasteiger partial charge in [0.1, 0.15) is 6.04 Å². The highest BCUT2D eigenvalue weighted by Crippen LogP contribution is 2.42. The van der Waals surface area contributed by atoms with Gasteiger partial charge in [-0.25, -0.2) is 0 Å².